The van der Waals surface area contributed by atoms with E-state index in [1.54, 1.807) is 6.07 Å². The van der Waals surface area contributed by atoms with Crippen molar-refractivity contribution in [1.82, 2.24) is 4.98 Å². The maximum Gasteiger partial charge on any atom is 0.158 e. The predicted octanol–water partition coefficient (Wildman–Crippen LogP) is 2.65. The molecule has 90 valence electrons. The lowest BCUT2D eigenvalue weighted by atomic mass is 10.2. The zero-order valence-corrected chi connectivity index (χ0v) is 10.1. The van der Waals surface area contributed by atoms with Crippen LogP contribution in [0.4, 0.5) is 0 Å². The topological polar surface area (TPSA) is 55.1 Å². The van der Waals surface area contributed by atoms with Crippen molar-refractivity contribution in [3.63, 3.8) is 0 Å². The highest BCUT2D eigenvalue weighted by molar-refractivity contribution is 6.31. The van der Waals surface area contributed by atoms with Crippen molar-refractivity contribution < 1.29 is 9.47 Å². The Morgan fingerprint density at radius 3 is 3.18 bits per heavy atom. The van der Waals surface area contributed by atoms with Crippen LogP contribution in [0, 0.1) is 11.3 Å². The lowest BCUT2D eigenvalue weighted by molar-refractivity contribution is -0.168. The average molecular weight is 253 g/mol. The first kappa shape index (κ1) is 12.3. The molecule has 4 nitrogen and oxygen atoms in total. The molecule has 0 amide bonds. The summed E-state index contributed by atoms with van der Waals surface area (Å²) in [5.41, 5.74) is 0.944. The van der Waals surface area contributed by atoms with Gasteiger partial charge in [-0.3, -0.25) is 0 Å². The maximum atomic E-state index is 8.92. The van der Waals surface area contributed by atoms with Gasteiger partial charge in [0.15, 0.2) is 6.29 Å². The molecule has 0 spiro atoms. The molecule has 1 saturated heterocycles. The van der Waals surface area contributed by atoms with Crippen LogP contribution in [0.15, 0.2) is 12.3 Å². The van der Waals surface area contributed by atoms with Crippen molar-refractivity contribution in [1.29, 1.82) is 5.26 Å². The van der Waals surface area contributed by atoms with Crippen LogP contribution in [-0.2, 0) is 16.1 Å². The zero-order valence-electron chi connectivity index (χ0n) is 9.36. The van der Waals surface area contributed by atoms with Crippen LogP contribution >= 0.6 is 11.6 Å². The highest BCUT2D eigenvalue weighted by Crippen LogP contribution is 2.21. The Kier molecular flexibility index (Phi) is 4.32. The molecule has 1 aromatic rings. The standard InChI is InChI=1S/C12H13ClN2O2/c13-10-4-5-15-11(7-14)9(10)8-17-12-3-1-2-6-16-12/h4-5,12H,1-3,6,8H2. The van der Waals surface area contributed by atoms with Gasteiger partial charge in [0.1, 0.15) is 11.8 Å². The van der Waals surface area contributed by atoms with Crippen LogP contribution in [0.2, 0.25) is 5.02 Å². The van der Waals surface area contributed by atoms with E-state index < -0.39 is 0 Å². The van der Waals surface area contributed by atoms with Gasteiger partial charge < -0.3 is 9.47 Å². The second-order valence-electron chi connectivity index (χ2n) is 3.84. The molecule has 2 rings (SSSR count). The molecule has 0 N–H and O–H groups in total. The van der Waals surface area contributed by atoms with Crippen molar-refractivity contribution >= 4 is 11.6 Å². The molecule has 5 heteroatoms. The summed E-state index contributed by atoms with van der Waals surface area (Å²) in [7, 11) is 0. The van der Waals surface area contributed by atoms with E-state index in [1.165, 1.54) is 6.20 Å². The SMILES string of the molecule is N#Cc1nccc(Cl)c1COC1CCCCO1. The largest absolute Gasteiger partial charge is 0.353 e. The van der Waals surface area contributed by atoms with Crippen molar-refractivity contribution in [2.24, 2.45) is 0 Å². The molecular weight excluding hydrogens is 240 g/mol. The summed E-state index contributed by atoms with van der Waals surface area (Å²) >= 11 is 6.01. The van der Waals surface area contributed by atoms with Crippen LogP contribution in [0.3, 0.4) is 0 Å². The maximum absolute atomic E-state index is 8.92. The van der Waals surface area contributed by atoms with Crippen LogP contribution in [-0.4, -0.2) is 17.9 Å². The fourth-order valence-corrected chi connectivity index (χ4v) is 1.92. The van der Waals surface area contributed by atoms with Gasteiger partial charge in [0.25, 0.3) is 0 Å². The monoisotopic (exact) mass is 252 g/mol. The molecule has 0 aromatic carbocycles. The molecule has 1 aliphatic heterocycles. The van der Waals surface area contributed by atoms with Crippen LogP contribution in [0.25, 0.3) is 0 Å². The smallest absolute Gasteiger partial charge is 0.158 e. The van der Waals surface area contributed by atoms with Crippen molar-refractivity contribution in [3.05, 3.63) is 28.5 Å². The summed E-state index contributed by atoms with van der Waals surface area (Å²) < 4.78 is 11.0. The van der Waals surface area contributed by atoms with E-state index in [0.29, 0.717) is 16.3 Å². The van der Waals surface area contributed by atoms with E-state index in [2.05, 4.69) is 4.98 Å². The van der Waals surface area contributed by atoms with Gasteiger partial charge in [-0.1, -0.05) is 11.6 Å². The van der Waals surface area contributed by atoms with E-state index in [0.717, 1.165) is 25.9 Å². The van der Waals surface area contributed by atoms with Crippen molar-refractivity contribution in [3.8, 4) is 6.07 Å². The molecule has 0 radical (unpaired) electrons. The highest BCUT2D eigenvalue weighted by atomic mass is 35.5. The third-order valence-electron chi connectivity index (χ3n) is 2.66. The third-order valence-corrected chi connectivity index (χ3v) is 3.01. The van der Waals surface area contributed by atoms with Gasteiger partial charge in [0, 0.05) is 18.4 Å². The summed E-state index contributed by atoms with van der Waals surface area (Å²) in [6, 6.07) is 3.66. The first-order valence-corrected chi connectivity index (χ1v) is 5.95. The van der Waals surface area contributed by atoms with Gasteiger partial charge in [-0.2, -0.15) is 5.26 Å². The normalized spacial score (nSPS) is 19.9. The van der Waals surface area contributed by atoms with E-state index >= 15 is 0 Å². The number of hydrogen-bond acceptors (Lipinski definition) is 4. The Balaban J connectivity index is 2.00. The number of nitriles is 1. The van der Waals surface area contributed by atoms with Gasteiger partial charge in [-0.15, -0.1) is 0 Å². The van der Waals surface area contributed by atoms with Crippen LogP contribution < -0.4 is 0 Å². The van der Waals surface area contributed by atoms with Crippen molar-refractivity contribution in [2.45, 2.75) is 32.2 Å². The number of ether oxygens (including phenoxy) is 2. The van der Waals surface area contributed by atoms with Crippen molar-refractivity contribution in [2.75, 3.05) is 6.61 Å². The summed E-state index contributed by atoms with van der Waals surface area (Å²) in [4.78, 5) is 3.96. The van der Waals surface area contributed by atoms with Gasteiger partial charge in [-0.05, 0) is 25.3 Å². The molecule has 0 bridgehead atoms. The minimum absolute atomic E-state index is 0.188. The molecule has 0 aliphatic carbocycles. The Bertz CT molecular complexity index is 425. The Labute approximate surface area is 105 Å². The lowest BCUT2D eigenvalue weighted by Gasteiger charge is -2.22. The quantitative estimate of drug-likeness (QED) is 0.830. The van der Waals surface area contributed by atoms with Gasteiger partial charge in [0.05, 0.1) is 11.6 Å². The first-order chi connectivity index (χ1) is 8.31. The highest BCUT2D eigenvalue weighted by Gasteiger charge is 2.16. The molecule has 1 atom stereocenters. The second kappa shape index (κ2) is 5.97. The Morgan fingerprint density at radius 2 is 2.47 bits per heavy atom. The molecular formula is C12H13ClN2O2. The minimum atomic E-state index is -0.188. The fraction of sp³-hybridized carbons (Fsp3) is 0.500. The van der Waals surface area contributed by atoms with Gasteiger partial charge >= 0.3 is 0 Å². The van der Waals surface area contributed by atoms with Gasteiger partial charge in [-0.25, -0.2) is 4.98 Å². The Hall–Kier alpha value is -1.15. The number of hydrogen-bond donors (Lipinski definition) is 0. The minimum Gasteiger partial charge on any atom is -0.353 e. The number of nitrogens with zero attached hydrogens (tertiary/aromatic N) is 2. The molecule has 2 heterocycles. The van der Waals surface area contributed by atoms with E-state index in [-0.39, 0.29) is 12.9 Å². The van der Waals surface area contributed by atoms with E-state index in [9.17, 15) is 0 Å². The number of rotatable bonds is 3. The third kappa shape index (κ3) is 3.16. The molecule has 0 saturated carbocycles. The first-order valence-electron chi connectivity index (χ1n) is 5.58. The molecule has 1 aliphatic rings. The zero-order chi connectivity index (χ0) is 12.1. The second-order valence-corrected chi connectivity index (χ2v) is 4.25. The van der Waals surface area contributed by atoms with E-state index in [1.807, 2.05) is 6.07 Å². The average Bonchev–Trinajstić information content (AvgIpc) is 2.38. The Morgan fingerprint density at radius 1 is 1.59 bits per heavy atom. The number of halogens is 1. The summed E-state index contributed by atoms with van der Waals surface area (Å²) in [6.45, 7) is 0.997. The van der Waals surface area contributed by atoms with Crippen LogP contribution in [0.1, 0.15) is 30.5 Å². The predicted molar refractivity (Wildman–Crippen MR) is 62.3 cm³/mol. The summed E-state index contributed by atoms with van der Waals surface area (Å²) in [5, 5.41) is 9.43. The fourth-order valence-electron chi connectivity index (χ4n) is 1.72. The molecule has 1 aromatic heterocycles. The molecule has 17 heavy (non-hydrogen) atoms. The van der Waals surface area contributed by atoms with Gasteiger partial charge in [0.2, 0.25) is 0 Å². The number of aromatic nitrogens is 1. The van der Waals surface area contributed by atoms with E-state index in [4.69, 9.17) is 26.3 Å². The summed E-state index contributed by atoms with van der Waals surface area (Å²) in [6.07, 6.45) is 4.40. The van der Waals surface area contributed by atoms with Crippen LogP contribution in [0.5, 0.6) is 0 Å². The molecule has 1 fully saturated rings. The number of pyridine rings is 1. The molecule has 1 unspecified atom stereocenters. The lowest BCUT2D eigenvalue weighted by Crippen LogP contribution is -2.22. The summed E-state index contributed by atoms with van der Waals surface area (Å²) in [5.74, 6) is 0.